The third-order valence-corrected chi connectivity index (χ3v) is 6.13. The van der Waals surface area contributed by atoms with Crippen LogP contribution in [-0.2, 0) is 0 Å². The number of ether oxygens (including phenoxy) is 1. The van der Waals surface area contributed by atoms with Crippen molar-refractivity contribution in [1.82, 2.24) is 5.32 Å². The van der Waals surface area contributed by atoms with E-state index in [1.54, 1.807) is 7.11 Å². The van der Waals surface area contributed by atoms with Gasteiger partial charge in [-0.3, -0.25) is 4.79 Å². The Bertz CT molecular complexity index is 788. The van der Waals surface area contributed by atoms with E-state index in [0.717, 1.165) is 35.9 Å². The van der Waals surface area contributed by atoms with Crippen LogP contribution in [0, 0.1) is 11.8 Å². The van der Waals surface area contributed by atoms with Gasteiger partial charge in [0, 0.05) is 24.3 Å². The lowest BCUT2D eigenvalue weighted by Crippen LogP contribution is -2.33. The van der Waals surface area contributed by atoms with Gasteiger partial charge in [-0.1, -0.05) is 19.1 Å². The van der Waals surface area contributed by atoms with Crippen LogP contribution in [0.2, 0.25) is 0 Å². The largest absolute Gasteiger partial charge is 0.497 e. The van der Waals surface area contributed by atoms with Gasteiger partial charge in [-0.2, -0.15) is 0 Å². The third-order valence-electron chi connectivity index (χ3n) is 6.13. The third kappa shape index (κ3) is 4.32. The van der Waals surface area contributed by atoms with Crippen LogP contribution in [0.25, 0.3) is 0 Å². The molecule has 1 aliphatic carbocycles. The van der Waals surface area contributed by atoms with Crippen molar-refractivity contribution in [3.63, 3.8) is 0 Å². The number of carbonyl (C=O) groups excluding carboxylic acids is 1. The number of nitrogens with one attached hydrogen (secondary N) is 1. The lowest BCUT2D eigenvalue weighted by atomic mass is 9.98. The molecule has 0 aromatic heterocycles. The molecule has 2 aliphatic rings. The van der Waals surface area contributed by atoms with Crippen molar-refractivity contribution in [2.45, 2.75) is 38.6 Å². The number of piperidine rings is 1. The summed E-state index contributed by atoms with van der Waals surface area (Å²) in [6, 6.07) is 16.2. The second-order valence-electron chi connectivity index (χ2n) is 8.28. The highest BCUT2D eigenvalue weighted by molar-refractivity contribution is 5.94. The van der Waals surface area contributed by atoms with Crippen molar-refractivity contribution in [2.75, 3.05) is 25.1 Å². The molecule has 148 valence electrons. The minimum absolute atomic E-state index is 0.00605. The summed E-state index contributed by atoms with van der Waals surface area (Å²) in [6.07, 6.45) is 4.83. The molecule has 1 saturated carbocycles. The van der Waals surface area contributed by atoms with Crippen molar-refractivity contribution >= 4 is 11.6 Å². The molecule has 4 heteroatoms. The molecule has 0 bridgehead atoms. The molecule has 1 aliphatic heterocycles. The number of hydrogen-bond acceptors (Lipinski definition) is 3. The Hall–Kier alpha value is -2.49. The van der Waals surface area contributed by atoms with E-state index in [1.807, 2.05) is 24.3 Å². The Morgan fingerprint density at radius 1 is 1.00 bits per heavy atom. The summed E-state index contributed by atoms with van der Waals surface area (Å²) in [5.74, 6) is 2.20. The van der Waals surface area contributed by atoms with Crippen LogP contribution < -0.4 is 15.0 Å². The predicted octanol–water partition coefficient (Wildman–Crippen LogP) is 4.81. The summed E-state index contributed by atoms with van der Waals surface area (Å²) in [6.45, 7) is 4.53. The SMILES string of the molecule is COc1ccc(C(NC(=O)c2ccc(N3CCC(C)CC3)cc2)C2CC2)cc1. The number of rotatable bonds is 6. The number of carbonyl (C=O) groups is 1. The standard InChI is InChI=1S/C24H30N2O2/c1-17-13-15-26(16-14-17)21-9-5-20(6-10-21)24(27)25-23(18-3-4-18)19-7-11-22(28-2)12-8-19/h5-12,17-18,23H,3-4,13-16H2,1-2H3,(H,25,27). The molecule has 2 aromatic carbocycles. The zero-order chi connectivity index (χ0) is 19.5. The van der Waals surface area contributed by atoms with Gasteiger partial charge in [0.25, 0.3) is 5.91 Å². The molecule has 28 heavy (non-hydrogen) atoms. The second kappa shape index (κ2) is 8.26. The average Bonchev–Trinajstić information content (AvgIpc) is 3.58. The van der Waals surface area contributed by atoms with Gasteiger partial charge in [-0.15, -0.1) is 0 Å². The minimum Gasteiger partial charge on any atom is -0.497 e. The fraction of sp³-hybridized carbons (Fsp3) is 0.458. The van der Waals surface area contributed by atoms with Crippen LogP contribution in [0.1, 0.15) is 54.6 Å². The van der Waals surface area contributed by atoms with Gasteiger partial charge in [0.05, 0.1) is 13.2 Å². The van der Waals surface area contributed by atoms with Crippen molar-refractivity contribution in [2.24, 2.45) is 11.8 Å². The molecule has 0 radical (unpaired) electrons. The van der Waals surface area contributed by atoms with Crippen LogP contribution in [0.3, 0.4) is 0 Å². The molecule has 1 saturated heterocycles. The van der Waals surface area contributed by atoms with Gasteiger partial charge in [0.2, 0.25) is 0 Å². The van der Waals surface area contributed by atoms with Crippen LogP contribution in [0.15, 0.2) is 48.5 Å². The van der Waals surface area contributed by atoms with Crippen LogP contribution in [0.4, 0.5) is 5.69 Å². The molecule has 2 aromatic rings. The summed E-state index contributed by atoms with van der Waals surface area (Å²) < 4.78 is 5.25. The maximum Gasteiger partial charge on any atom is 0.251 e. The molecule has 2 fully saturated rings. The second-order valence-corrected chi connectivity index (χ2v) is 8.28. The predicted molar refractivity (Wildman–Crippen MR) is 113 cm³/mol. The molecule has 0 spiro atoms. The minimum atomic E-state index is 0.00605. The molecular weight excluding hydrogens is 348 g/mol. The number of anilines is 1. The van der Waals surface area contributed by atoms with Crippen molar-refractivity contribution in [1.29, 1.82) is 0 Å². The number of hydrogen-bond donors (Lipinski definition) is 1. The van der Waals surface area contributed by atoms with E-state index in [1.165, 1.54) is 31.4 Å². The normalized spacial score (nSPS) is 18.6. The zero-order valence-corrected chi connectivity index (χ0v) is 16.9. The van der Waals surface area contributed by atoms with Gasteiger partial charge in [0.1, 0.15) is 5.75 Å². The molecular formula is C24H30N2O2. The molecule has 1 amide bonds. The molecule has 1 heterocycles. The van der Waals surface area contributed by atoms with Gasteiger partial charge in [-0.05, 0) is 79.5 Å². The van der Waals surface area contributed by atoms with E-state index >= 15 is 0 Å². The van der Waals surface area contributed by atoms with Crippen molar-refractivity contribution < 1.29 is 9.53 Å². The summed E-state index contributed by atoms with van der Waals surface area (Å²) in [5, 5.41) is 3.26. The Kier molecular flexibility index (Phi) is 5.56. The lowest BCUT2D eigenvalue weighted by Gasteiger charge is -2.32. The highest BCUT2D eigenvalue weighted by atomic mass is 16.5. The van der Waals surface area contributed by atoms with Gasteiger partial charge >= 0.3 is 0 Å². The van der Waals surface area contributed by atoms with Gasteiger partial charge < -0.3 is 15.0 Å². The van der Waals surface area contributed by atoms with Gasteiger partial charge in [-0.25, -0.2) is 0 Å². The first-order valence-corrected chi connectivity index (χ1v) is 10.4. The fourth-order valence-electron chi connectivity index (χ4n) is 4.03. The molecule has 4 rings (SSSR count). The Labute approximate surface area is 167 Å². The van der Waals surface area contributed by atoms with E-state index in [4.69, 9.17) is 4.74 Å². The van der Waals surface area contributed by atoms with E-state index < -0.39 is 0 Å². The first-order valence-electron chi connectivity index (χ1n) is 10.4. The van der Waals surface area contributed by atoms with E-state index in [0.29, 0.717) is 5.92 Å². The molecule has 1 unspecified atom stereocenters. The first kappa shape index (κ1) is 18.9. The fourth-order valence-corrected chi connectivity index (χ4v) is 4.03. The van der Waals surface area contributed by atoms with E-state index in [2.05, 4.69) is 41.4 Å². The molecule has 1 atom stereocenters. The molecule has 4 nitrogen and oxygen atoms in total. The zero-order valence-electron chi connectivity index (χ0n) is 16.9. The first-order chi connectivity index (χ1) is 13.6. The summed E-state index contributed by atoms with van der Waals surface area (Å²) in [5.41, 5.74) is 3.10. The van der Waals surface area contributed by atoms with E-state index in [9.17, 15) is 4.79 Å². The Morgan fingerprint density at radius 3 is 2.21 bits per heavy atom. The smallest absolute Gasteiger partial charge is 0.251 e. The highest BCUT2D eigenvalue weighted by Crippen LogP contribution is 2.41. The van der Waals surface area contributed by atoms with E-state index in [-0.39, 0.29) is 11.9 Å². The number of benzene rings is 2. The van der Waals surface area contributed by atoms with Gasteiger partial charge in [0.15, 0.2) is 0 Å². The number of amides is 1. The van der Waals surface area contributed by atoms with Crippen molar-refractivity contribution in [3.05, 3.63) is 59.7 Å². The topological polar surface area (TPSA) is 41.6 Å². The average molecular weight is 379 g/mol. The van der Waals surface area contributed by atoms with Crippen LogP contribution >= 0.6 is 0 Å². The summed E-state index contributed by atoms with van der Waals surface area (Å²) >= 11 is 0. The number of nitrogens with zero attached hydrogens (tertiary/aromatic N) is 1. The monoisotopic (exact) mass is 378 g/mol. The van der Waals surface area contributed by atoms with Crippen LogP contribution in [-0.4, -0.2) is 26.1 Å². The summed E-state index contributed by atoms with van der Waals surface area (Å²) in [7, 11) is 1.67. The molecule has 1 N–H and O–H groups in total. The highest BCUT2D eigenvalue weighted by Gasteiger charge is 2.33. The van der Waals surface area contributed by atoms with Crippen LogP contribution in [0.5, 0.6) is 5.75 Å². The quantitative estimate of drug-likeness (QED) is 0.784. The maximum atomic E-state index is 12.9. The Balaban J connectivity index is 1.42. The lowest BCUT2D eigenvalue weighted by molar-refractivity contribution is 0.0931. The Morgan fingerprint density at radius 2 is 1.64 bits per heavy atom. The number of methoxy groups -OCH3 is 1. The maximum absolute atomic E-state index is 12.9. The van der Waals surface area contributed by atoms with Crippen molar-refractivity contribution in [3.8, 4) is 5.75 Å². The summed E-state index contributed by atoms with van der Waals surface area (Å²) in [4.78, 5) is 15.3.